The Bertz CT molecular complexity index is 1040. The molecule has 1 amide bonds. The summed E-state index contributed by atoms with van der Waals surface area (Å²) in [5.41, 5.74) is 4.83. The molecule has 3 aromatic carbocycles. The van der Waals surface area contributed by atoms with Crippen molar-refractivity contribution in [3.63, 3.8) is 0 Å². The highest BCUT2D eigenvalue weighted by molar-refractivity contribution is 5.88. The van der Waals surface area contributed by atoms with E-state index in [-0.39, 0.29) is 30.9 Å². The van der Waals surface area contributed by atoms with Gasteiger partial charge in [0.05, 0.1) is 0 Å². The van der Waals surface area contributed by atoms with Crippen molar-refractivity contribution in [2.24, 2.45) is 5.84 Å². The van der Waals surface area contributed by atoms with Crippen molar-refractivity contribution < 1.29 is 24.5 Å². The Hall–Kier alpha value is -3.88. The van der Waals surface area contributed by atoms with Gasteiger partial charge in [0, 0.05) is 6.42 Å². The largest absolute Gasteiger partial charge is 0.508 e. The number of hydrogen-bond acceptors (Lipinski definition) is 7. The van der Waals surface area contributed by atoms with Crippen LogP contribution in [0.3, 0.4) is 0 Å². The van der Waals surface area contributed by atoms with Crippen molar-refractivity contribution in [2.75, 3.05) is 0 Å². The van der Waals surface area contributed by atoms with Crippen LogP contribution >= 0.6 is 0 Å². The van der Waals surface area contributed by atoms with Crippen molar-refractivity contribution in [1.82, 2.24) is 10.7 Å². The molecule has 0 aliphatic rings. The van der Waals surface area contributed by atoms with Crippen LogP contribution in [0, 0.1) is 0 Å². The van der Waals surface area contributed by atoms with Crippen molar-refractivity contribution in [3.05, 3.63) is 95.6 Å². The van der Waals surface area contributed by atoms with Gasteiger partial charge in [0.1, 0.15) is 30.2 Å². The van der Waals surface area contributed by atoms with Crippen molar-refractivity contribution in [3.8, 4) is 11.5 Å². The molecule has 0 aromatic heterocycles. The van der Waals surface area contributed by atoms with Gasteiger partial charge in [-0.2, -0.15) is 0 Å². The van der Waals surface area contributed by atoms with E-state index in [1.165, 1.54) is 24.3 Å². The Balaban J connectivity index is 1.70. The SMILES string of the molecule is NN[C@@H](Cc1ccc(O)cc1)C(=O)N[C@@H](Cc1ccc(O)cc1)C(=O)OCc1ccccc1. The van der Waals surface area contributed by atoms with Gasteiger partial charge < -0.3 is 20.3 Å². The maximum Gasteiger partial charge on any atom is 0.329 e. The predicted octanol–water partition coefficient (Wildman–Crippen LogP) is 1.94. The Morgan fingerprint density at radius 2 is 1.27 bits per heavy atom. The first kappa shape index (κ1) is 23.8. The number of amides is 1. The van der Waals surface area contributed by atoms with Crippen LogP contribution in [-0.4, -0.2) is 34.2 Å². The molecule has 172 valence electrons. The van der Waals surface area contributed by atoms with Gasteiger partial charge >= 0.3 is 5.97 Å². The molecular weight excluding hydrogens is 422 g/mol. The zero-order chi connectivity index (χ0) is 23.6. The monoisotopic (exact) mass is 449 g/mol. The third kappa shape index (κ3) is 7.34. The minimum absolute atomic E-state index is 0.0771. The highest BCUT2D eigenvalue weighted by Gasteiger charge is 2.27. The smallest absolute Gasteiger partial charge is 0.329 e. The lowest BCUT2D eigenvalue weighted by atomic mass is 10.0. The molecule has 0 saturated heterocycles. The Kier molecular flexibility index (Phi) is 8.40. The predicted molar refractivity (Wildman–Crippen MR) is 123 cm³/mol. The number of nitrogens with two attached hydrogens (primary N) is 1. The molecular formula is C25H27N3O5. The molecule has 0 spiro atoms. The molecule has 33 heavy (non-hydrogen) atoms. The number of aromatic hydroxyl groups is 2. The van der Waals surface area contributed by atoms with Gasteiger partial charge in [-0.25, -0.2) is 10.2 Å². The zero-order valence-electron chi connectivity index (χ0n) is 18.0. The van der Waals surface area contributed by atoms with E-state index in [4.69, 9.17) is 10.6 Å². The van der Waals surface area contributed by atoms with E-state index >= 15 is 0 Å². The zero-order valence-corrected chi connectivity index (χ0v) is 18.0. The van der Waals surface area contributed by atoms with E-state index in [0.717, 1.165) is 16.7 Å². The Labute approximate surface area is 192 Å². The Morgan fingerprint density at radius 3 is 1.79 bits per heavy atom. The Morgan fingerprint density at radius 1 is 0.758 bits per heavy atom. The van der Waals surface area contributed by atoms with Crippen LogP contribution in [0.5, 0.6) is 11.5 Å². The number of esters is 1. The first-order valence-electron chi connectivity index (χ1n) is 10.5. The van der Waals surface area contributed by atoms with Gasteiger partial charge in [0.2, 0.25) is 5.91 Å². The van der Waals surface area contributed by atoms with E-state index in [1.807, 2.05) is 30.3 Å². The van der Waals surface area contributed by atoms with Gasteiger partial charge in [0.15, 0.2) is 0 Å². The third-order valence-corrected chi connectivity index (χ3v) is 5.09. The van der Waals surface area contributed by atoms with Crippen molar-refractivity contribution in [2.45, 2.75) is 31.5 Å². The molecule has 8 nitrogen and oxygen atoms in total. The summed E-state index contributed by atoms with van der Waals surface area (Å²) in [4.78, 5) is 25.8. The van der Waals surface area contributed by atoms with E-state index in [0.29, 0.717) is 0 Å². The second-order valence-corrected chi connectivity index (χ2v) is 7.61. The van der Waals surface area contributed by atoms with Crippen LogP contribution in [0.4, 0.5) is 0 Å². The van der Waals surface area contributed by atoms with Crippen molar-refractivity contribution in [1.29, 1.82) is 0 Å². The fourth-order valence-corrected chi connectivity index (χ4v) is 3.26. The molecule has 0 aliphatic heterocycles. The molecule has 0 bridgehead atoms. The quantitative estimate of drug-likeness (QED) is 0.181. The summed E-state index contributed by atoms with van der Waals surface area (Å²) in [6, 6.07) is 20.3. The van der Waals surface area contributed by atoms with Crippen LogP contribution < -0.4 is 16.6 Å². The summed E-state index contributed by atoms with van der Waals surface area (Å²) in [6.45, 7) is 0.0771. The number of phenols is 2. The molecule has 0 fully saturated rings. The highest BCUT2D eigenvalue weighted by Crippen LogP contribution is 2.14. The fourth-order valence-electron chi connectivity index (χ4n) is 3.26. The van der Waals surface area contributed by atoms with Crippen LogP contribution in [0.2, 0.25) is 0 Å². The van der Waals surface area contributed by atoms with E-state index < -0.39 is 24.0 Å². The summed E-state index contributed by atoms with van der Waals surface area (Å²) in [7, 11) is 0. The number of ether oxygens (including phenoxy) is 1. The van der Waals surface area contributed by atoms with Gasteiger partial charge in [-0.05, 0) is 47.4 Å². The average Bonchev–Trinajstić information content (AvgIpc) is 2.83. The lowest BCUT2D eigenvalue weighted by molar-refractivity contribution is -0.149. The van der Waals surface area contributed by atoms with Gasteiger partial charge in [-0.3, -0.25) is 10.6 Å². The molecule has 0 aliphatic carbocycles. The second-order valence-electron chi connectivity index (χ2n) is 7.61. The highest BCUT2D eigenvalue weighted by atomic mass is 16.5. The van der Waals surface area contributed by atoms with E-state index in [2.05, 4.69) is 10.7 Å². The van der Waals surface area contributed by atoms with Gasteiger partial charge in [-0.1, -0.05) is 54.6 Å². The van der Waals surface area contributed by atoms with Crippen molar-refractivity contribution >= 4 is 11.9 Å². The number of hydrazine groups is 1. The third-order valence-electron chi connectivity index (χ3n) is 5.09. The minimum Gasteiger partial charge on any atom is -0.508 e. The fraction of sp³-hybridized carbons (Fsp3) is 0.200. The summed E-state index contributed by atoms with van der Waals surface area (Å²) in [5.74, 6) is 4.78. The van der Waals surface area contributed by atoms with Crippen LogP contribution in [0.25, 0.3) is 0 Å². The van der Waals surface area contributed by atoms with Gasteiger partial charge in [0.25, 0.3) is 0 Å². The maximum atomic E-state index is 12.9. The van der Waals surface area contributed by atoms with Crippen LogP contribution in [0.15, 0.2) is 78.9 Å². The molecule has 6 N–H and O–H groups in total. The molecule has 3 aromatic rings. The average molecular weight is 450 g/mol. The van der Waals surface area contributed by atoms with Crippen LogP contribution in [-0.2, 0) is 33.8 Å². The lowest BCUT2D eigenvalue weighted by Gasteiger charge is -2.22. The number of rotatable bonds is 10. The molecule has 0 radical (unpaired) electrons. The normalized spacial score (nSPS) is 12.5. The number of carbonyl (C=O) groups excluding carboxylic acids is 2. The molecule has 0 saturated carbocycles. The standard InChI is InChI=1S/C25H27N3O5/c26-28-22(14-17-6-10-20(29)11-7-17)24(31)27-23(15-18-8-12-21(30)13-9-18)25(32)33-16-19-4-2-1-3-5-19/h1-13,22-23,28-30H,14-16,26H2,(H,27,31)/t22-,23-/m0/s1. The number of nitrogens with one attached hydrogen (secondary N) is 2. The number of carbonyl (C=O) groups is 2. The van der Waals surface area contributed by atoms with E-state index in [9.17, 15) is 19.8 Å². The first-order chi connectivity index (χ1) is 15.9. The first-order valence-corrected chi connectivity index (χ1v) is 10.5. The molecule has 8 heteroatoms. The topological polar surface area (TPSA) is 134 Å². The number of hydrogen-bond donors (Lipinski definition) is 5. The summed E-state index contributed by atoms with van der Waals surface area (Å²) >= 11 is 0. The molecule has 3 rings (SSSR count). The lowest BCUT2D eigenvalue weighted by Crippen LogP contribution is -2.53. The molecule has 0 unspecified atom stereocenters. The van der Waals surface area contributed by atoms with Gasteiger partial charge in [-0.15, -0.1) is 0 Å². The van der Waals surface area contributed by atoms with Crippen LogP contribution in [0.1, 0.15) is 16.7 Å². The minimum atomic E-state index is -0.957. The summed E-state index contributed by atoms with van der Waals surface area (Å²) in [6.07, 6.45) is 0.434. The number of phenolic OH excluding ortho intramolecular Hbond substituents is 2. The molecule has 2 atom stereocenters. The maximum absolute atomic E-state index is 12.9. The second kappa shape index (κ2) is 11.7. The summed E-state index contributed by atoms with van der Waals surface area (Å²) in [5, 5.41) is 21.7. The van der Waals surface area contributed by atoms with E-state index in [1.54, 1.807) is 24.3 Å². The molecule has 0 heterocycles. The summed E-state index contributed by atoms with van der Waals surface area (Å²) < 4.78 is 5.45. The number of benzene rings is 3.